The molecule has 0 unspecified atom stereocenters. The Morgan fingerprint density at radius 2 is 1.80 bits per heavy atom. The highest BCUT2D eigenvalue weighted by molar-refractivity contribution is 7.99. The van der Waals surface area contributed by atoms with Crippen molar-refractivity contribution in [1.29, 1.82) is 0 Å². The molecule has 1 aliphatic carbocycles. The molecule has 1 saturated carbocycles. The first kappa shape index (κ1) is 27.7. The van der Waals surface area contributed by atoms with E-state index >= 15 is 0 Å². The lowest BCUT2D eigenvalue weighted by Crippen LogP contribution is -2.41. The van der Waals surface area contributed by atoms with Gasteiger partial charge in [-0.15, -0.1) is 11.8 Å². The molecule has 3 rings (SSSR count). The Morgan fingerprint density at radius 1 is 1.09 bits per heavy atom. The molecular formula is C26H36N2O4S3. The lowest BCUT2D eigenvalue weighted by Gasteiger charge is -2.26. The topological polar surface area (TPSA) is 75.7 Å². The first-order valence-electron chi connectivity index (χ1n) is 12.2. The summed E-state index contributed by atoms with van der Waals surface area (Å²) in [6, 6.07) is 13.6. The second-order valence-corrected chi connectivity index (χ2v) is 12.6. The van der Waals surface area contributed by atoms with E-state index in [0.717, 1.165) is 26.6 Å². The normalized spacial score (nSPS) is 14.5. The van der Waals surface area contributed by atoms with Crippen LogP contribution >= 0.6 is 23.5 Å². The van der Waals surface area contributed by atoms with Crippen LogP contribution in [0.1, 0.15) is 45.4 Å². The third kappa shape index (κ3) is 8.08. The Balaban J connectivity index is 1.70. The second kappa shape index (κ2) is 14.0. The van der Waals surface area contributed by atoms with E-state index < -0.39 is 10.0 Å². The summed E-state index contributed by atoms with van der Waals surface area (Å²) in [5, 5.41) is 3.65. The first-order valence-corrected chi connectivity index (χ1v) is 15.9. The van der Waals surface area contributed by atoms with Gasteiger partial charge in [0.05, 0.1) is 17.2 Å². The van der Waals surface area contributed by atoms with E-state index in [4.69, 9.17) is 4.74 Å². The van der Waals surface area contributed by atoms with Crippen LogP contribution in [0.5, 0.6) is 5.75 Å². The number of rotatable bonds is 13. The summed E-state index contributed by atoms with van der Waals surface area (Å²) < 4.78 is 34.2. The Morgan fingerprint density at radius 3 is 2.49 bits per heavy atom. The van der Waals surface area contributed by atoms with Crippen molar-refractivity contribution in [2.45, 2.75) is 60.5 Å². The molecule has 0 atom stereocenters. The number of hydrogen-bond acceptors (Lipinski definition) is 6. The molecular weight excluding hydrogens is 500 g/mol. The van der Waals surface area contributed by atoms with E-state index in [1.807, 2.05) is 24.9 Å². The molecule has 0 aromatic heterocycles. The number of carbonyl (C=O) groups excluding carboxylic acids is 1. The summed E-state index contributed by atoms with van der Waals surface area (Å²) in [6.07, 6.45) is 9.38. The Bertz CT molecular complexity index is 1040. The van der Waals surface area contributed by atoms with Crippen LogP contribution in [-0.2, 0) is 14.8 Å². The predicted molar refractivity (Wildman–Crippen MR) is 147 cm³/mol. The first-order chi connectivity index (χ1) is 17.0. The minimum atomic E-state index is -3.99. The maximum Gasteiger partial charge on any atom is 0.264 e. The zero-order valence-electron chi connectivity index (χ0n) is 20.6. The zero-order chi connectivity index (χ0) is 25.1. The third-order valence-corrected chi connectivity index (χ3v) is 9.90. The molecule has 1 aliphatic rings. The standard InChI is InChI=1S/C26H36N2O4S3/c1-3-32-25-13-8-7-12-24(25)28(35(30,31)23-16-14-21(33-2)15-17-23)20-26(29)27-18-9-19-34-22-10-5-4-6-11-22/h7-8,12-17,22H,3-6,9-11,18-20H2,1-2H3,(H,27,29). The van der Waals surface area contributed by atoms with Gasteiger partial charge < -0.3 is 10.1 Å². The quantitative estimate of drug-likeness (QED) is 0.266. The Kier molecular flexibility index (Phi) is 11.1. The van der Waals surface area contributed by atoms with Crippen LogP contribution in [0.4, 0.5) is 5.69 Å². The summed E-state index contributed by atoms with van der Waals surface area (Å²) in [5.41, 5.74) is 0.353. The minimum Gasteiger partial charge on any atom is -0.492 e. The lowest BCUT2D eigenvalue weighted by atomic mass is 10.0. The summed E-state index contributed by atoms with van der Waals surface area (Å²) in [7, 11) is -3.99. The fourth-order valence-corrected chi connectivity index (χ4v) is 7.23. The molecule has 9 heteroatoms. The molecule has 6 nitrogen and oxygen atoms in total. The van der Waals surface area contributed by atoms with Crippen LogP contribution < -0.4 is 14.4 Å². The summed E-state index contributed by atoms with van der Waals surface area (Å²) in [6.45, 7) is 2.45. The number of carbonyl (C=O) groups is 1. The van der Waals surface area contributed by atoms with E-state index in [0.29, 0.717) is 24.6 Å². The van der Waals surface area contributed by atoms with Gasteiger partial charge in [0, 0.05) is 16.7 Å². The molecule has 1 amide bonds. The second-order valence-electron chi connectivity index (χ2n) is 8.42. The van der Waals surface area contributed by atoms with Crippen molar-refractivity contribution in [2.24, 2.45) is 0 Å². The largest absolute Gasteiger partial charge is 0.492 e. The van der Waals surface area contributed by atoms with Crippen LogP contribution in [-0.4, -0.2) is 51.3 Å². The molecule has 1 fully saturated rings. The number of amides is 1. The number of para-hydroxylation sites is 2. The van der Waals surface area contributed by atoms with E-state index in [2.05, 4.69) is 5.32 Å². The highest BCUT2D eigenvalue weighted by atomic mass is 32.2. The maximum absolute atomic E-state index is 13.7. The van der Waals surface area contributed by atoms with Crippen LogP contribution in [0, 0.1) is 0 Å². The molecule has 0 aliphatic heterocycles. The number of nitrogens with one attached hydrogen (secondary N) is 1. The molecule has 0 saturated heterocycles. The highest BCUT2D eigenvalue weighted by Gasteiger charge is 2.29. The van der Waals surface area contributed by atoms with Gasteiger partial charge in [-0.1, -0.05) is 31.4 Å². The van der Waals surface area contributed by atoms with Crippen molar-refractivity contribution in [2.75, 3.05) is 36.0 Å². The average Bonchev–Trinajstić information content (AvgIpc) is 2.88. The molecule has 2 aromatic carbocycles. The van der Waals surface area contributed by atoms with Crippen molar-refractivity contribution in [1.82, 2.24) is 5.32 Å². The number of nitrogens with zero attached hydrogens (tertiary/aromatic N) is 1. The van der Waals surface area contributed by atoms with E-state index in [1.165, 1.54) is 32.1 Å². The minimum absolute atomic E-state index is 0.137. The van der Waals surface area contributed by atoms with E-state index in [9.17, 15) is 13.2 Å². The van der Waals surface area contributed by atoms with Gasteiger partial charge in [0.15, 0.2) is 0 Å². The van der Waals surface area contributed by atoms with Gasteiger partial charge >= 0.3 is 0 Å². The van der Waals surface area contributed by atoms with Crippen molar-refractivity contribution < 1.29 is 17.9 Å². The lowest BCUT2D eigenvalue weighted by molar-refractivity contribution is -0.119. The number of sulfonamides is 1. The van der Waals surface area contributed by atoms with Crippen molar-refractivity contribution >= 4 is 45.1 Å². The van der Waals surface area contributed by atoms with Crippen LogP contribution in [0.3, 0.4) is 0 Å². The Hall–Kier alpha value is -1.84. The van der Waals surface area contributed by atoms with Gasteiger partial charge in [0.25, 0.3) is 10.0 Å². The van der Waals surface area contributed by atoms with Gasteiger partial charge in [0.2, 0.25) is 5.91 Å². The van der Waals surface area contributed by atoms with Gasteiger partial charge in [0.1, 0.15) is 12.3 Å². The van der Waals surface area contributed by atoms with Gasteiger partial charge in [-0.25, -0.2) is 8.42 Å². The van der Waals surface area contributed by atoms with Crippen molar-refractivity contribution in [3.8, 4) is 5.75 Å². The number of anilines is 1. The third-order valence-electron chi connectivity index (χ3n) is 5.92. The number of benzene rings is 2. The van der Waals surface area contributed by atoms with Crippen molar-refractivity contribution in [3.63, 3.8) is 0 Å². The van der Waals surface area contributed by atoms with Gasteiger partial charge in [-0.05, 0) is 74.6 Å². The molecule has 192 valence electrons. The fraction of sp³-hybridized carbons (Fsp3) is 0.500. The van der Waals surface area contributed by atoms with E-state index in [1.54, 1.807) is 60.3 Å². The van der Waals surface area contributed by atoms with Crippen LogP contribution in [0.25, 0.3) is 0 Å². The highest BCUT2D eigenvalue weighted by Crippen LogP contribution is 2.33. The van der Waals surface area contributed by atoms with Crippen LogP contribution in [0.15, 0.2) is 58.3 Å². The molecule has 35 heavy (non-hydrogen) atoms. The SMILES string of the molecule is CCOc1ccccc1N(CC(=O)NCCCSC1CCCCC1)S(=O)(=O)c1ccc(SC)cc1. The van der Waals surface area contributed by atoms with Gasteiger partial charge in [-0.2, -0.15) is 11.8 Å². The summed E-state index contributed by atoms with van der Waals surface area (Å²) in [4.78, 5) is 14.0. The zero-order valence-corrected chi connectivity index (χ0v) is 23.0. The van der Waals surface area contributed by atoms with Gasteiger partial charge in [-0.3, -0.25) is 9.10 Å². The van der Waals surface area contributed by atoms with Crippen LogP contribution in [0.2, 0.25) is 0 Å². The fourth-order valence-electron chi connectivity index (χ4n) is 4.08. The average molecular weight is 537 g/mol. The monoisotopic (exact) mass is 536 g/mol. The number of ether oxygens (including phenoxy) is 1. The number of thioether (sulfide) groups is 2. The molecule has 0 heterocycles. The smallest absolute Gasteiger partial charge is 0.264 e. The molecule has 2 aromatic rings. The maximum atomic E-state index is 13.7. The number of hydrogen-bond donors (Lipinski definition) is 1. The molecule has 0 bridgehead atoms. The summed E-state index contributed by atoms with van der Waals surface area (Å²) >= 11 is 3.54. The molecule has 1 N–H and O–H groups in total. The van der Waals surface area contributed by atoms with E-state index in [-0.39, 0.29) is 17.3 Å². The predicted octanol–water partition coefficient (Wildman–Crippen LogP) is 5.57. The summed E-state index contributed by atoms with van der Waals surface area (Å²) in [5.74, 6) is 1.10. The Labute approximate surface area is 218 Å². The molecule has 0 spiro atoms. The molecule has 0 radical (unpaired) electrons. The van der Waals surface area contributed by atoms with Crippen molar-refractivity contribution in [3.05, 3.63) is 48.5 Å².